The van der Waals surface area contributed by atoms with Gasteiger partial charge in [0.25, 0.3) is 0 Å². The average molecular weight is 394 g/mol. The molecule has 0 aliphatic carbocycles. The van der Waals surface area contributed by atoms with E-state index >= 15 is 0 Å². The van der Waals surface area contributed by atoms with Crippen molar-refractivity contribution in [2.24, 2.45) is 0 Å². The van der Waals surface area contributed by atoms with E-state index in [2.05, 4.69) is 5.32 Å². The number of fused-ring (bicyclic) bond motifs is 2. The van der Waals surface area contributed by atoms with Gasteiger partial charge in [-0.25, -0.2) is 18.0 Å². The summed E-state index contributed by atoms with van der Waals surface area (Å²) < 4.78 is 52.4. The summed E-state index contributed by atoms with van der Waals surface area (Å²) >= 11 is 0. The van der Waals surface area contributed by atoms with Gasteiger partial charge in [-0.2, -0.15) is 0 Å². The highest BCUT2D eigenvalue weighted by atomic mass is 19.1. The van der Waals surface area contributed by atoms with Gasteiger partial charge in [-0.05, 0) is 23.8 Å². The molecule has 0 radical (unpaired) electrons. The van der Waals surface area contributed by atoms with Gasteiger partial charge in [-0.3, -0.25) is 0 Å². The predicted octanol–water partition coefficient (Wildman–Crippen LogP) is 2.33. The number of benzene rings is 2. The van der Waals surface area contributed by atoms with Crippen molar-refractivity contribution in [3.05, 3.63) is 58.9 Å². The van der Waals surface area contributed by atoms with Crippen molar-refractivity contribution in [2.75, 3.05) is 13.1 Å². The molecule has 2 aromatic rings. The standard InChI is InChI=1S/C19H17F3N2O4/c20-12-3-4-13(21)18-17(12)27-15-7-24(8-16(15)28-18)19(26)23-6-10-1-2-11(9-25)14(22)5-10/h1-5,15-16,25H,6-9H2,(H,23,26)/t15-,16+. The van der Waals surface area contributed by atoms with Crippen LogP contribution < -0.4 is 14.8 Å². The maximum Gasteiger partial charge on any atom is 0.317 e. The summed E-state index contributed by atoms with van der Waals surface area (Å²) in [5.74, 6) is -2.59. The van der Waals surface area contributed by atoms with Crippen LogP contribution in [-0.2, 0) is 13.2 Å². The topological polar surface area (TPSA) is 71.0 Å². The zero-order valence-electron chi connectivity index (χ0n) is 14.6. The molecule has 2 N–H and O–H groups in total. The van der Waals surface area contributed by atoms with E-state index in [1.54, 1.807) is 6.07 Å². The van der Waals surface area contributed by atoms with Gasteiger partial charge in [0.1, 0.15) is 5.82 Å². The van der Waals surface area contributed by atoms with E-state index in [4.69, 9.17) is 14.6 Å². The van der Waals surface area contributed by atoms with Gasteiger partial charge in [0.15, 0.2) is 23.8 Å². The molecule has 6 nitrogen and oxygen atoms in total. The molecule has 0 aromatic heterocycles. The van der Waals surface area contributed by atoms with Crippen molar-refractivity contribution in [2.45, 2.75) is 25.4 Å². The largest absolute Gasteiger partial charge is 0.478 e. The van der Waals surface area contributed by atoms with Crippen LogP contribution in [0.1, 0.15) is 11.1 Å². The second-order valence-corrected chi connectivity index (χ2v) is 6.65. The van der Waals surface area contributed by atoms with E-state index in [0.717, 1.165) is 12.1 Å². The third kappa shape index (κ3) is 3.33. The molecular weight excluding hydrogens is 377 g/mol. The molecular formula is C19H17F3N2O4. The molecule has 0 bridgehead atoms. The van der Waals surface area contributed by atoms with E-state index in [9.17, 15) is 18.0 Å². The van der Waals surface area contributed by atoms with Crippen LogP contribution >= 0.6 is 0 Å². The molecule has 2 atom stereocenters. The van der Waals surface area contributed by atoms with E-state index < -0.39 is 42.3 Å². The lowest BCUT2D eigenvalue weighted by Gasteiger charge is -2.28. The van der Waals surface area contributed by atoms with E-state index in [1.165, 1.54) is 17.0 Å². The lowest BCUT2D eigenvalue weighted by atomic mass is 10.1. The first-order chi connectivity index (χ1) is 13.5. The van der Waals surface area contributed by atoms with Crippen LogP contribution in [0.15, 0.2) is 30.3 Å². The number of hydrogen-bond donors (Lipinski definition) is 2. The lowest BCUT2D eigenvalue weighted by Crippen LogP contribution is -2.39. The molecule has 2 heterocycles. The summed E-state index contributed by atoms with van der Waals surface area (Å²) in [7, 11) is 0. The van der Waals surface area contributed by atoms with Crippen molar-refractivity contribution in [3.8, 4) is 11.5 Å². The SMILES string of the molecule is O=C(NCc1ccc(CO)c(F)c1)N1C[C@@H]2Oc3c(F)ccc(F)c3O[C@@H]2C1. The molecule has 2 aromatic carbocycles. The summed E-state index contributed by atoms with van der Waals surface area (Å²) in [5.41, 5.74) is 0.704. The summed E-state index contributed by atoms with van der Waals surface area (Å²) in [5, 5.41) is 11.6. The summed E-state index contributed by atoms with van der Waals surface area (Å²) in [6.45, 7) is -0.0372. The van der Waals surface area contributed by atoms with E-state index in [0.29, 0.717) is 5.56 Å². The first-order valence-electron chi connectivity index (χ1n) is 8.68. The number of aliphatic hydroxyl groups is 1. The van der Waals surface area contributed by atoms with Crippen molar-refractivity contribution in [1.82, 2.24) is 10.2 Å². The molecule has 0 spiro atoms. The molecule has 2 amide bonds. The monoisotopic (exact) mass is 394 g/mol. The number of rotatable bonds is 3. The number of urea groups is 1. The number of carbonyl (C=O) groups is 1. The zero-order chi connectivity index (χ0) is 19.8. The van der Waals surface area contributed by atoms with Crippen LogP contribution in [0, 0.1) is 17.5 Å². The molecule has 4 rings (SSSR count). The molecule has 0 unspecified atom stereocenters. The first-order valence-corrected chi connectivity index (χ1v) is 8.68. The third-order valence-corrected chi connectivity index (χ3v) is 4.79. The Kier molecular flexibility index (Phi) is 4.76. The fraction of sp³-hybridized carbons (Fsp3) is 0.316. The van der Waals surface area contributed by atoms with E-state index in [1.807, 2.05) is 0 Å². The predicted molar refractivity (Wildman–Crippen MR) is 91.3 cm³/mol. The molecule has 0 saturated carbocycles. The Balaban J connectivity index is 1.38. The van der Waals surface area contributed by atoms with Gasteiger partial charge in [0, 0.05) is 12.1 Å². The highest BCUT2D eigenvalue weighted by Crippen LogP contribution is 2.40. The molecule has 1 saturated heterocycles. The van der Waals surface area contributed by atoms with Gasteiger partial charge >= 0.3 is 6.03 Å². The number of aliphatic hydroxyl groups excluding tert-OH is 1. The second kappa shape index (κ2) is 7.23. The highest BCUT2D eigenvalue weighted by molar-refractivity contribution is 5.74. The summed E-state index contributed by atoms with van der Waals surface area (Å²) in [4.78, 5) is 13.8. The number of nitrogens with one attached hydrogen (secondary N) is 1. The molecule has 28 heavy (non-hydrogen) atoms. The minimum atomic E-state index is -0.730. The van der Waals surface area contributed by atoms with Gasteiger partial charge < -0.3 is 24.8 Å². The van der Waals surface area contributed by atoms with Crippen molar-refractivity contribution in [3.63, 3.8) is 0 Å². The molecule has 2 aliphatic heterocycles. The highest BCUT2D eigenvalue weighted by Gasteiger charge is 2.43. The van der Waals surface area contributed by atoms with Crippen LogP contribution in [-0.4, -0.2) is 41.3 Å². The molecule has 1 fully saturated rings. The van der Waals surface area contributed by atoms with Gasteiger partial charge in [-0.15, -0.1) is 0 Å². The Bertz CT molecular complexity index is 885. The Morgan fingerprint density at radius 1 is 1.04 bits per heavy atom. The smallest absolute Gasteiger partial charge is 0.317 e. The van der Waals surface area contributed by atoms with Crippen LogP contribution in [0.4, 0.5) is 18.0 Å². The number of carbonyl (C=O) groups excluding carboxylic acids is 1. The number of hydrogen-bond acceptors (Lipinski definition) is 4. The number of ether oxygens (including phenoxy) is 2. The van der Waals surface area contributed by atoms with Gasteiger partial charge in [0.05, 0.1) is 19.7 Å². The second-order valence-electron chi connectivity index (χ2n) is 6.65. The number of nitrogens with zero attached hydrogens (tertiary/aromatic N) is 1. The van der Waals surface area contributed by atoms with Gasteiger partial charge in [0.2, 0.25) is 11.5 Å². The van der Waals surface area contributed by atoms with Crippen LogP contribution in [0.2, 0.25) is 0 Å². The normalized spacial score (nSPS) is 20.1. The quantitative estimate of drug-likeness (QED) is 0.839. The van der Waals surface area contributed by atoms with Crippen LogP contribution in [0.25, 0.3) is 0 Å². The number of halogens is 3. The van der Waals surface area contributed by atoms with Crippen LogP contribution in [0.3, 0.4) is 0 Å². The Morgan fingerprint density at radius 3 is 2.18 bits per heavy atom. The number of amides is 2. The third-order valence-electron chi connectivity index (χ3n) is 4.79. The number of likely N-dealkylation sites (tertiary alicyclic amines) is 1. The average Bonchev–Trinajstić information content (AvgIpc) is 3.11. The first kappa shape index (κ1) is 18.4. The minimum absolute atomic E-state index is 0.0818. The Hall–Kier alpha value is -2.94. The fourth-order valence-corrected chi connectivity index (χ4v) is 3.29. The van der Waals surface area contributed by atoms with Crippen molar-refractivity contribution in [1.29, 1.82) is 0 Å². The zero-order valence-corrected chi connectivity index (χ0v) is 14.6. The minimum Gasteiger partial charge on any atom is -0.478 e. The molecule has 148 valence electrons. The maximum absolute atomic E-state index is 13.8. The summed E-state index contributed by atoms with van der Waals surface area (Å²) in [6, 6.07) is 5.77. The fourth-order valence-electron chi connectivity index (χ4n) is 3.29. The van der Waals surface area contributed by atoms with E-state index in [-0.39, 0.29) is 36.7 Å². The Labute approximate surface area is 158 Å². The van der Waals surface area contributed by atoms with Crippen molar-refractivity contribution < 1.29 is 32.5 Å². The van der Waals surface area contributed by atoms with Crippen molar-refractivity contribution >= 4 is 6.03 Å². The maximum atomic E-state index is 13.8. The lowest BCUT2D eigenvalue weighted by molar-refractivity contribution is 0.0467. The molecule has 2 aliphatic rings. The van der Waals surface area contributed by atoms with Gasteiger partial charge in [-0.1, -0.05) is 12.1 Å². The summed E-state index contributed by atoms with van der Waals surface area (Å²) in [6.07, 6.45) is -1.23. The molecule has 9 heteroatoms. The van der Waals surface area contributed by atoms with Crippen LogP contribution in [0.5, 0.6) is 11.5 Å². The Morgan fingerprint density at radius 2 is 1.64 bits per heavy atom.